The minimum absolute atomic E-state index is 0.220. The lowest BCUT2D eigenvalue weighted by Crippen LogP contribution is -2.08. The number of aliphatic hydroxyl groups is 1. The van der Waals surface area contributed by atoms with Crippen molar-refractivity contribution in [1.29, 1.82) is 0 Å². The minimum atomic E-state index is 0.220. The van der Waals surface area contributed by atoms with E-state index in [0.717, 1.165) is 5.70 Å². The zero-order valence-corrected chi connectivity index (χ0v) is 8.18. The second-order valence-electron chi connectivity index (χ2n) is 3.56. The van der Waals surface area contributed by atoms with Crippen LogP contribution in [0.3, 0.4) is 0 Å². The van der Waals surface area contributed by atoms with E-state index in [2.05, 4.69) is 25.2 Å². The van der Waals surface area contributed by atoms with Gasteiger partial charge in [0.1, 0.15) is 5.76 Å². The fourth-order valence-electron chi connectivity index (χ4n) is 1.29. The monoisotopic (exact) mass is 167 g/mol. The van der Waals surface area contributed by atoms with Gasteiger partial charge in [0.2, 0.25) is 0 Å². The third-order valence-electron chi connectivity index (χ3n) is 2.33. The highest BCUT2D eigenvalue weighted by Crippen LogP contribution is 2.40. The third-order valence-corrected chi connectivity index (χ3v) is 2.33. The fraction of sp³-hybridized carbons (Fsp3) is 0.600. The van der Waals surface area contributed by atoms with Crippen LogP contribution >= 0.6 is 0 Å². The van der Waals surface area contributed by atoms with Crippen LogP contribution in [-0.4, -0.2) is 12.2 Å². The molecule has 1 atom stereocenters. The average Bonchev–Trinajstić information content (AvgIpc) is 2.80. The van der Waals surface area contributed by atoms with Gasteiger partial charge in [0, 0.05) is 12.7 Å². The first-order valence-corrected chi connectivity index (χ1v) is 4.37. The van der Waals surface area contributed by atoms with Crippen LogP contribution in [0.2, 0.25) is 0 Å². The van der Waals surface area contributed by atoms with E-state index in [1.54, 1.807) is 0 Å². The highest BCUT2D eigenvalue weighted by Gasteiger charge is 2.31. The topological polar surface area (TPSA) is 32.3 Å². The first-order chi connectivity index (χ1) is 5.57. The van der Waals surface area contributed by atoms with Gasteiger partial charge in [-0.25, -0.2) is 0 Å². The molecule has 0 aromatic rings. The van der Waals surface area contributed by atoms with Crippen LogP contribution in [0.1, 0.15) is 20.8 Å². The Labute approximate surface area is 74.0 Å². The summed E-state index contributed by atoms with van der Waals surface area (Å²) in [6, 6.07) is 0. The van der Waals surface area contributed by atoms with Crippen molar-refractivity contribution < 1.29 is 5.11 Å². The number of allylic oxidation sites excluding steroid dienone is 2. The molecule has 1 rings (SSSR count). The van der Waals surface area contributed by atoms with Gasteiger partial charge in [0.25, 0.3) is 0 Å². The summed E-state index contributed by atoms with van der Waals surface area (Å²) in [5, 5.41) is 12.6. The van der Waals surface area contributed by atoms with E-state index in [9.17, 15) is 5.11 Å². The molecule has 0 amide bonds. The summed E-state index contributed by atoms with van der Waals surface area (Å²) >= 11 is 0. The molecule has 2 heteroatoms. The average molecular weight is 167 g/mol. The zero-order valence-electron chi connectivity index (χ0n) is 8.18. The van der Waals surface area contributed by atoms with Crippen molar-refractivity contribution in [2.45, 2.75) is 20.8 Å². The molecule has 2 nitrogen and oxygen atoms in total. The molecule has 1 aliphatic carbocycles. The molecule has 2 N–H and O–H groups in total. The summed E-state index contributed by atoms with van der Waals surface area (Å²) in [5.74, 6) is 1.25. The van der Waals surface area contributed by atoms with Gasteiger partial charge in [0.15, 0.2) is 0 Å². The predicted octanol–water partition coefficient (Wildman–Crippen LogP) is 2.21. The molecule has 0 fully saturated rings. The lowest BCUT2D eigenvalue weighted by atomic mass is 10.1. The summed E-state index contributed by atoms with van der Waals surface area (Å²) in [7, 11) is 1.82. The second kappa shape index (κ2) is 3.21. The molecule has 0 saturated carbocycles. The highest BCUT2D eigenvalue weighted by molar-refractivity contribution is 5.40. The number of rotatable bonds is 3. The van der Waals surface area contributed by atoms with Crippen molar-refractivity contribution >= 4 is 0 Å². The van der Waals surface area contributed by atoms with Crippen molar-refractivity contribution in [3.63, 3.8) is 0 Å². The van der Waals surface area contributed by atoms with E-state index in [4.69, 9.17) is 0 Å². The maximum Gasteiger partial charge on any atom is 0.122 e. The Kier molecular flexibility index (Phi) is 2.46. The third kappa shape index (κ3) is 1.63. The standard InChI is InChI=1S/C10H17NO/c1-6(2)8-5-9(8)10(12)7(3)11-4/h5-6,9,11-12H,1-4H3/b10-7+/t9-/m0/s1. The molecular formula is C10H17NO. The van der Waals surface area contributed by atoms with Gasteiger partial charge >= 0.3 is 0 Å². The zero-order chi connectivity index (χ0) is 9.30. The molecule has 68 valence electrons. The van der Waals surface area contributed by atoms with Crippen LogP contribution in [0, 0.1) is 11.8 Å². The molecule has 1 aliphatic rings. The Balaban J connectivity index is 2.56. The van der Waals surface area contributed by atoms with Crippen molar-refractivity contribution in [2.75, 3.05) is 7.05 Å². The maximum absolute atomic E-state index is 9.64. The lowest BCUT2D eigenvalue weighted by Gasteiger charge is -2.06. The lowest BCUT2D eigenvalue weighted by molar-refractivity contribution is 0.370. The Morgan fingerprint density at radius 1 is 1.58 bits per heavy atom. The predicted molar refractivity (Wildman–Crippen MR) is 50.8 cm³/mol. The van der Waals surface area contributed by atoms with Crippen LogP contribution in [0.5, 0.6) is 0 Å². The quantitative estimate of drug-likeness (QED) is 0.499. The smallest absolute Gasteiger partial charge is 0.122 e. The summed E-state index contributed by atoms with van der Waals surface area (Å²) in [6.07, 6.45) is 2.11. The second-order valence-corrected chi connectivity index (χ2v) is 3.56. The molecule has 0 bridgehead atoms. The molecule has 0 aliphatic heterocycles. The van der Waals surface area contributed by atoms with Gasteiger partial charge in [-0.05, 0) is 12.8 Å². The summed E-state index contributed by atoms with van der Waals surface area (Å²) in [5.41, 5.74) is 2.22. The molecular weight excluding hydrogens is 150 g/mol. The highest BCUT2D eigenvalue weighted by atomic mass is 16.3. The number of hydrogen-bond acceptors (Lipinski definition) is 2. The van der Waals surface area contributed by atoms with E-state index < -0.39 is 0 Å². The Bertz CT molecular complexity index is 238. The summed E-state index contributed by atoms with van der Waals surface area (Å²) in [4.78, 5) is 0. The fourth-order valence-corrected chi connectivity index (χ4v) is 1.29. The van der Waals surface area contributed by atoms with Gasteiger partial charge in [0.05, 0.1) is 5.92 Å². The summed E-state index contributed by atoms with van der Waals surface area (Å²) < 4.78 is 0. The molecule has 0 aromatic carbocycles. The number of aliphatic hydroxyl groups excluding tert-OH is 1. The van der Waals surface area contributed by atoms with Gasteiger partial charge in [-0.2, -0.15) is 0 Å². The normalized spacial score (nSPS) is 23.4. The maximum atomic E-state index is 9.64. The van der Waals surface area contributed by atoms with Crippen molar-refractivity contribution in [3.8, 4) is 0 Å². The van der Waals surface area contributed by atoms with E-state index in [-0.39, 0.29) is 5.92 Å². The number of hydrogen-bond donors (Lipinski definition) is 2. The summed E-state index contributed by atoms with van der Waals surface area (Å²) in [6.45, 7) is 6.18. The molecule has 0 unspecified atom stereocenters. The SMILES string of the molecule is CN/C(C)=C(/O)[C@H]1C=C1C(C)C. The van der Waals surface area contributed by atoms with Crippen molar-refractivity contribution in [1.82, 2.24) is 5.32 Å². The van der Waals surface area contributed by atoms with Crippen LogP contribution in [0.4, 0.5) is 0 Å². The Morgan fingerprint density at radius 3 is 2.50 bits per heavy atom. The van der Waals surface area contributed by atoms with Crippen molar-refractivity contribution in [3.05, 3.63) is 23.1 Å². The molecule has 0 radical (unpaired) electrons. The van der Waals surface area contributed by atoms with Gasteiger partial charge < -0.3 is 10.4 Å². The van der Waals surface area contributed by atoms with Gasteiger partial charge in [-0.1, -0.05) is 25.5 Å². The molecule has 0 spiro atoms. The van der Waals surface area contributed by atoms with Gasteiger partial charge in [-0.3, -0.25) is 0 Å². The van der Waals surface area contributed by atoms with E-state index in [1.807, 2.05) is 14.0 Å². The molecule has 0 aromatic heterocycles. The molecule has 0 heterocycles. The Hall–Kier alpha value is -0.920. The Morgan fingerprint density at radius 2 is 2.17 bits per heavy atom. The largest absolute Gasteiger partial charge is 0.510 e. The van der Waals surface area contributed by atoms with E-state index in [1.165, 1.54) is 5.57 Å². The van der Waals surface area contributed by atoms with Gasteiger partial charge in [-0.15, -0.1) is 0 Å². The van der Waals surface area contributed by atoms with Crippen LogP contribution < -0.4 is 5.32 Å². The van der Waals surface area contributed by atoms with E-state index in [0.29, 0.717) is 11.7 Å². The van der Waals surface area contributed by atoms with Crippen LogP contribution in [-0.2, 0) is 0 Å². The molecule has 0 saturated heterocycles. The first kappa shape index (κ1) is 9.17. The van der Waals surface area contributed by atoms with Crippen molar-refractivity contribution in [2.24, 2.45) is 11.8 Å². The molecule has 12 heavy (non-hydrogen) atoms. The van der Waals surface area contributed by atoms with Crippen LogP contribution in [0.15, 0.2) is 23.1 Å². The minimum Gasteiger partial charge on any atom is -0.510 e. The number of nitrogens with one attached hydrogen (secondary N) is 1. The first-order valence-electron chi connectivity index (χ1n) is 4.37. The van der Waals surface area contributed by atoms with Crippen LogP contribution in [0.25, 0.3) is 0 Å². The van der Waals surface area contributed by atoms with E-state index >= 15 is 0 Å².